The molecule has 0 aliphatic rings. The van der Waals surface area contributed by atoms with Crippen molar-refractivity contribution < 1.29 is 4.74 Å². The van der Waals surface area contributed by atoms with Crippen LogP contribution in [0.1, 0.15) is 144 Å². The van der Waals surface area contributed by atoms with E-state index < -0.39 is 0 Å². The maximum atomic E-state index is 5.72. The molecule has 0 radical (unpaired) electrons. The lowest BCUT2D eigenvalue weighted by molar-refractivity contribution is 0.125. The molecule has 0 aliphatic heterocycles. The molecule has 0 aromatic carbocycles. The fraction of sp³-hybridized carbons (Fsp3) is 0.926. The maximum Gasteiger partial charge on any atom is 0.0466 e. The number of allylic oxidation sites excluding steroid dienone is 2. The highest BCUT2D eigenvalue weighted by Crippen LogP contribution is 2.13. The molecular weight excluding hydrogens is 340 g/mol. The van der Waals surface area contributed by atoms with E-state index in [9.17, 15) is 0 Å². The third-order valence-corrected chi connectivity index (χ3v) is 4.95. The third kappa shape index (κ3) is 33.3. The predicted molar refractivity (Wildman–Crippen MR) is 130 cm³/mol. The van der Waals surface area contributed by atoms with Crippen LogP contribution in [0, 0.1) is 5.41 Å². The Balaban J connectivity index is 0. The van der Waals surface area contributed by atoms with Crippen LogP contribution in [0.15, 0.2) is 12.2 Å². The first-order valence-corrected chi connectivity index (χ1v) is 12.7. The van der Waals surface area contributed by atoms with Gasteiger partial charge < -0.3 is 4.74 Å². The minimum absolute atomic E-state index is 0.370. The van der Waals surface area contributed by atoms with Gasteiger partial charge in [-0.3, -0.25) is 0 Å². The average Bonchev–Trinajstić information content (AvgIpc) is 2.64. The van der Waals surface area contributed by atoms with Crippen LogP contribution < -0.4 is 0 Å². The molecule has 0 atom stereocenters. The molecule has 0 aromatic heterocycles. The van der Waals surface area contributed by atoms with E-state index in [1.807, 2.05) is 6.92 Å². The summed E-state index contributed by atoms with van der Waals surface area (Å²) in [6, 6.07) is 0. The highest BCUT2D eigenvalue weighted by molar-refractivity contribution is 4.88. The second-order valence-corrected chi connectivity index (χ2v) is 9.43. The van der Waals surface area contributed by atoms with Crippen LogP contribution in [-0.2, 0) is 4.74 Å². The van der Waals surface area contributed by atoms with Gasteiger partial charge in [-0.25, -0.2) is 0 Å². The summed E-state index contributed by atoms with van der Waals surface area (Å²) in [6.45, 7) is 15.2. The van der Waals surface area contributed by atoms with Gasteiger partial charge in [0.2, 0.25) is 0 Å². The lowest BCUT2D eigenvalue weighted by Gasteiger charge is -2.09. The Labute approximate surface area is 180 Å². The number of hydrogen-bond donors (Lipinski definition) is 0. The first-order chi connectivity index (χ1) is 13.5. The summed E-state index contributed by atoms with van der Waals surface area (Å²) < 4.78 is 5.72. The fourth-order valence-electron chi connectivity index (χ4n) is 3.28. The van der Waals surface area contributed by atoms with Crippen LogP contribution in [0.4, 0.5) is 0 Å². The van der Waals surface area contributed by atoms with Gasteiger partial charge in [0.15, 0.2) is 0 Å². The number of hydrogen-bond acceptors (Lipinski definition) is 1. The summed E-state index contributed by atoms with van der Waals surface area (Å²) in [4.78, 5) is 0. The van der Waals surface area contributed by atoms with E-state index in [4.69, 9.17) is 4.74 Å². The van der Waals surface area contributed by atoms with Crippen molar-refractivity contribution in [3.05, 3.63) is 12.2 Å². The van der Waals surface area contributed by atoms with Crippen LogP contribution in [0.5, 0.6) is 0 Å². The normalized spacial score (nSPS) is 11.6. The average molecular weight is 397 g/mol. The van der Waals surface area contributed by atoms with E-state index in [1.54, 1.807) is 0 Å². The van der Waals surface area contributed by atoms with E-state index in [1.165, 1.54) is 103 Å². The molecule has 1 heteroatoms. The molecule has 0 unspecified atom stereocenters. The zero-order valence-electron chi connectivity index (χ0n) is 20.8. The second kappa shape index (κ2) is 24.7. The van der Waals surface area contributed by atoms with Crippen LogP contribution >= 0.6 is 0 Å². The van der Waals surface area contributed by atoms with Crippen molar-refractivity contribution in [3.8, 4) is 0 Å². The molecule has 0 rings (SSSR count). The summed E-state index contributed by atoms with van der Waals surface area (Å²) >= 11 is 0. The SMILES string of the molecule is CC=CC(C)(C)C.CCCCCCCCCCOCCCCCCCCCC. The first-order valence-electron chi connectivity index (χ1n) is 12.7. The molecule has 0 fully saturated rings. The Hall–Kier alpha value is -0.300. The van der Waals surface area contributed by atoms with Crippen molar-refractivity contribution in [1.82, 2.24) is 0 Å². The summed E-state index contributed by atoms with van der Waals surface area (Å²) in [7, 11) is 0. The molecule has 0 bridgehead atoms. The fourth-order valence-corrected chi connectivity index (χ4v) is 3.28. The first kappa shape index (κ1) is 29.9. The van der Waals surface area contributed by atoms with E-state index in [0.717, 1.165) is 13.2 Å². The van der Waals surface area contributed by atoms with Crippen molar-refractivity contribution in [1.29, 1.82) is 0 Å². The smallest absolute Gasteiger partial charge is 0.0466 e. The zero-order chi connectivity index (χ0) is 21.3. The van der Waals surface area contributed by atoms with Crippen LogP contribution in [0.3, 0.4) is 0 Å². The van der Waals surface area contributed by atoms with E-state index >= 15 is 0 Å². The zero-order valence-corrected chi connectivity index (χ0v) is 20.8. The van der Waals surface area contributed by atoms with E-state index in [0.29, 0.717) is 5.41 Å². The molecule has 0 heterocycles. The van der Waals surface area contributed by atoms with Crippen molar-refractivity contribution in [2.45, 2.75) is 144 Å². The number of rotatable bonds is 18. The molecule has 0 N–H and O–H groups in total. The lowest BCUT2D eigenvalue weighted by atomic mass is 9.97. The van der Waals surface area contributed by atoms with E-state index in [-0.39, 0.29) is 0 Å². The number of ether oxygens (including phenoxy) is 1. The Kier molecular flexibility index (Phi) is 26.4. The minimum atomic E-state index is 0.370. The summed E-state index contributed by atoms with van der Waals surface area (Å²) in [5.41, 5.74) is 0.370. The summed E-state index contributed by atoms with van der Waals surface area (Å²) in [5, 5.41) is 0. The van der Waals surface area contributed by atoms with Gasteiger partial charge in [-0.1, -0.05) is 137 Å². The van der Waals surface area contributed by atoms with Crippen molar-refractivity contribution in [3.63, 3.8) is 0 Å². The third-order valence-electron chi connectivity index (χ3n) is 4.95. The van der Waals surface area contributed by atoms with Crippen LogP contribution in [-0.4, -0.2) is 13.2 Å². The Morgan fingerprint density at radius 2 is 0.857 bits per heavy atom. The number of unbranched alkanes of at least 4 members (excludes halogenated alkanes) is 14. The molecule has 1 nitrogen and oxygen atoms in total. The summed E-state index contributed by atoms with van der Waals surface area (Å²) in [6.07, 6.45) is 26.5. The van der Waals surface area contributed by atoms with Gasteiger partial charge in [-0.05, 0) is 25.2 Å². The van der Waals surface area contributed by atoms with Gasteiger partial charge >= 0.3 is 0 Å². The molecule has 0 aromatic rings. The lowest BCUT2D eigenvalue weighted by Crippen LogP contribution is -1.97. The van der Waals surface area contributed by atoms with Crippen molar-refractivity contribution in [2.75, 3.05) is 13.2 Å². The van der Waals surface area contributed by atoms with Gasteiger partial charge in [0, 0.05) is 13.2 Å². The van der Waals surface area contributed by atoms with Gasteiger partial charge in [0.1, 0.15) is 0 Å². The Morgan fingerprint density at radius 1 is 0.536 bits per heavy atom. The summed E-state index contributed by atoms with van der Waals surface area (Å²) in [5.74, 6) is 0. The van der Waals surface area contributed by atoms with Crippen LogP contribution in [0.25, 0.3) is 0 Å². The van der Waals surface area contributed by atoms with Crippen molar-refractivity contribution in [2.24, 2.45) is 5.41 Å². The van der Waals surface area contributed by atoms with Gasteiger partial charge in [0.05, 0.1) is 0 Å². The quantitative estimate of drug-likeness (QED) is 0.165. The molecule has 170 valence electrons. The maximum absolute atomic E-state index is 5.72. The molecule has 0 saturated heterocycles. The molecule has 0 amide bonds. The van der Waals surface area contributed by atoms with Gasteiger partial charge in [-0.15, -0.1) is 0 Å². The molecule has 28 heavy (non-hydrogen) atoms. The second-order valence-electron chi connectivity index (χ2n) is 9.43. The Bertz CT molecular complexity index is 269. The molecule has 0 spiro atoms. The largest absolute Gasteiger partial charge is 0.381 e. The highest BCUT2D eigenvalue weighted by Gasteiger charge is 2.01. The highest BCUT2D eigenvalue weighted by atomic mass is 16.5. The molecule has 0 aliphatic carbocycles. The Morgan fingerprint density at radius 3 is 1.11 bits per heavy atom. The molecule has 0 saturated carbocycles. The van der Waals surface area contributed by atoms with Gasteiger partial charge in [0.25, 0.3) is 0 Å². The molecular formula is C27H56O. The monoisotopic (exact) mass is 396 g/mol. The predicted octanol–water partition coefficient (Wildman–Crippen LogP) is 9.89. The van der Waals surface area contributed by atoms with Crippen LogP contribution in [0.2, 0.25) is 0 Å². The standard InChI is InChI=1S/C20H42O.C7H14/c1-3-5-7-9-11-13-15-17-19-21-20-18-16-14-12-10-8-6-4-2;1-5-6-7(2,3)4/h3-20H2,1-2H3;5-6H,1-4H3. The van der Waals surface area contributed by atoms with Crippen molar-refractivity contribution >= 4 is 0 Å². The topological polar surface area (TPSA) is 9.23 Å². The van der Waals surface area contributed by atoms with E-state index in [2.05, 4.69) is 46.8 Å². The minimum Gasteiger partial charge on any atom is -0.381 e. The van der Waals surface area contributed by atoms with Gasteiger partial charge in [-0.2, -0.15) is 0 Å².